The van der Waals surface area contributed by atoms with E-state index < -0.39 is 0 Å². The number of aromatic nitrogens is 1. The third-order valence-electron chi connectivity index (χ3n) is 4.21. The Morgan fingerprint density at radius 1 is 1.40 bits per heavy atom. The highest BCUT2D eigenvalue weighted by Crippen LogP contribution is 2.21. The number of carbonyl (C=O) groups is 1. The quantitative estimate of drug-likeness (QED) is 0.926. The van der Waals surface area contributed by atoms with E-state index in [0.717, 1.165) is 24.2 Å². The topological polar surface area (TPSA) is 45.5 Å². The summed E-state index contributed by atoms with van der Waals surface area (Å²) >= 11 is 0. The summed E-state index contributed by atoms with van der Waals surface area (Å²) in [5.41, 5.74) is 2.22. The zero-order valence-electron chi connectivity index (χ0n) is 11.7. The maximum atomic E-state index is 12.4. The van der Waals surface area contributed by atoms with Crippen molar-refractivity contribution in [1.29, 1.82) is 0 Å². The Kier molecular flexibility index (Phi) is 3.49. The molecule has 1 aromatic heterocycles. The fourth-order valence-electron chi connectivity index (χ4n) is 3.00. The lowest BCUT2D eigenvalue weighted by Crippen LogP contribution is -2.32. The molecule has 4 heteroatoms. The summed E-state index contributed by atoms with van der Waals surface area (Å²) in [6.07, 6.45) is 0.910. The molecule has 1 amide bonds. The maximum Gasteiger partial charge on any atom is 0.242 e. The van der Waals surface area contributed by atoms with Crippen LogP contribution in [0.4, 0.5) is 0 Å². The van der Waals surface area contributed by atoms with Crippen molar-refractivity contribution in [3.05, 3.63) is 36.0 Å². The summed E-state index contributed by atoms with van der Waals surface area (Å²) in [6, 6.07) is 10.3. The van der Waals surface area contributed by atoms with E-state index in [1.165, 1.54) is 5.39 Å². The van der Waals surface area contributed by atoms with E-state index in [9.17, 15) is 4.79 Å². The van der Waals surface area contributed by atoms with Gasteiger partial charge in [0.25, 0.3) is 0 Å². The highest BCUT2D eigenvalue weighted by Gasteiger charge is 2.26. The van der Waals surface area contributed by atoms with Crippen molar-refractivity contribution in [2.24, 2.45) is 5.92 Å². The summed E-state index contributed by atoms with van der Waals surface area (Å²) < 4.78 is 2.07. The van der Waals surface area contributed by atoms with E-state index in [2.05, 4.69) is 22.8 Å². The van der Waals surface area contributed by atoms with Gasteiger partial charge in [0.15, 0.2) is 0 Å². The number of nitrogens with zero attached hydrogens (tertiary/aromatic N) is 2. The molecule has 1 aliphatic rings. The number of benzene rings is 1. The van der Waals surface area contributed by atoms with E-state index in [0.29, 0.717) is 13.1 Å². The molecule has 2 heterocycles. The van der Waals surface area contributed by atoms with Gasteiger partial charge in [-0.25, -0.2) is 0 Å². The summed E-state index contributed by atoms with van der Waals surface area (Å²) in [5, 5.41) is 10.3. The van der Waals surface area contributed by atoms with E-state index >= 15 is 0 Å². The average molecular weight is 272 g/mol. The summed E-state index contributed by atoms with van der Waals surface area (Å²) in [7, 11) is 0. The molecule has 1 aliphatic heterocycles. The van der Waals surface area contributed by atoms with Gasteiger partial charge in [0.1, 0.15) is 6.54 Å². The van der Waals surface area contributed by atoms with Gasteiger partial charge in [-0.3, -0.25) is 4.79 Å². The molecule has 2 aromatic rings. The molecule has 1 fully saturated rings. The molecule has 0 spiro atoms. The van der Waals surface area contributed by atoms with Gasteiger partial charge in [0.2, 0.25) is 5.91 Å². The van der Waals surface area contributed by atoms with Crippen molar-refractivity contribution in [3.63, 3.8) is 0 Å². The van der Waals surface area contributed by atoms with Gasteiger partial charge < -0.3 is 14.6 Å². The maximum absolute atomic E-state index is 12.4. The first kappa shape index (κ1) is 13.2. The van der Waals surface area contributed by atoms with Crippen LogP contribution in [0.3, 0.4) is 0 Å². The van der Waals surface area contributed by atoms with Crippen molar-refractivity contribution in [3.8, 4) is 0 Å². The molecule has 106 valence electrons. The van der Waals surface area contributed by atoms with Crippen molar-refractivity contribution in [2.45, 2.75) is 19.9 Å². The van der Waals surface area contributed by atoms with Crippen LogP contribution < -0.4 is 0 Å². The molecule has 1 unspecified atom stereocenters. The number of rotatable bonds is 3. The Labute approximate surface area is 118 Å². The Morgan fingerprint density at radius 2 is 2.20 bits per heavy atom. The van der Waals surface area contributed by atoms with Crippen LogP contribution in [-0.4, -0.2) is 40.2 Å². The highest BCUT2D eigenvalue weighted by molar-refractivity contribution is 5.84. The molecule has 1 N–H and O–H groups in total. The van der Waals surface area contributed by atoms with Crippen LogP contribution in [0.5, 0.6) is 0 Å². The minimum absolute atomic E-state index is 0.144. The number of para-hydroxylation sites is 1. The van der Waals surface area contributed by atoms with Gasteiger partial charge in [-0.05, 0) is 30.9 Å². The average Bonchev–Trinajstić information content (AvgIpc) is 3.04. The summed E-state index contributed by atoms with van der Waals surface area (Å²) in [6.45, 7) is 4.05. The van der Waals surface area contributed by atoms with Crippen molar-refractivity contribution >= 4 is 16.8 Å². The molecule has 20 heavy (non-hydrogen) atoms. The second kappa shape index (κ2) is 5.29. The zero-order chi connectivity index (χ0) is 14.1. The number of fused-ring (bicyclic) bond motifs is 1. The predicted molar refractivity (Wildman–Crippen MR) is 78.4 cm³/mol. The molecule has 4 nitrogen and oxygen atoms in total. The standard InChI is InChI=1S/C16H20N2O2/c1-12-8-14-4-2-3-5-15(14)18(12)10-16(20)17-7-6-13(9-17)11-19/h2-5,8,13,19H,6-7,9-11H2,1H3. The summed E-state index contributed by atoms with van der Waals surface area (Å²) in [4.78, 5) is 14.3. The second-order valence-electron chi connectivity index (χ2n) is 5.61. The van der Waals surface area contributed by atoms with Gasteiger partial charge in [0, 0.05) is 36.8 Å². The minimum Gasteiger partial charge on any atom is -0.396 e. The van der Waals surface area contributed by atoms with Crippen LogP contribution >= 0.6 is 0 Å². The SMILES string of the molecule is Cc1cc2ccccc2n1CC(=O)N1CCC(CO)C1. The van der Waals surface area contributed by atoms with Gasteiger partial charge in [-0.2, -0.15) is 0 Å². The van der Waals surface area contributed by atoms with Gasteiger partial charge in [0.05, 0.1) is 0 Å². The number of hydrogen-bond acceptors (Lipinski definition) is 2. The van der Waals surface area contributed by atoms with Gasteiger partial charge in [-0.15, -0.1) is 0 Å². The first-order valence-electron chi connectivity index (χ1n) is 7.12. The molecule has 0 aliphatic carbocycles. The molecule has 0 bridgehead atoms. The highest BCUT2D eigenvalue weighted by atomic mass is 16.3. The van der Waals surface area contributed by atoms with E-state index in [-0.39, 0.29) is 18.4 Å². The van der Waals surface area contributed by atoms with E-state index in [1.54, 1.807) is 0 Å². The largest absolute Gasteiger partial charge is 0.396 e. The fraction of sp³-hybridized carbons (Fsp3) is 0.438. The molecule has 3 rings (SSSR count). The smallest absolute Gasteiger partial charge is 0.242 e. The third kappa shape index (κ3) is 2.31. The molecular weight excluding hydrogens is 252 g/mol. The number of likely N-dealkylation sites (tertiary alicyclic amines) is 1. The van der Waals surface area contributed by atoms with Crippen LogP contribution in [0.25, 0.3) is 10.9 Å². The summed E-state index contributed by atoms with van der Waals surface area (Å²) in [5.74, 6) is 0.395. The third-order valence-corrected chi connectivity index (χ3v) is 4.21. The predicted octanol–water partition coefficient (Wildman–Crippen LogP) is 1.79. The molecule has 1 aromatic carbocycles. The van der Waals surface area contributed by atoms with Crippen molar-refractivity contribution < 1.29 is 9.90 Å². The van der Waals surface area contributed by atoms with Crippen LogP contribution in [0.1, 0.15) is 12.1 Å². The van der Waals surface area contributed by atoms with Crippen LogP contribution in [0.2, 0.25) is 0 Å². The molecular formula is C16H20N2O2. The number of aliphatic hydroxyl groups is 1. The monoisotopic (exact) mass is 272 g/mol. The van der Waals surface area contributed by atoms with Crippen molar-refractivity contribution in [2.75, 3.05) is 19.7 Å². The number of carbonyl (C=O) groups excluding carboxylic acids is 1. The molecule has 0 saturated carbocycles. The van der Waals surface area contributed by atoms with Gasteiger partial charge >= 0.3 is 0 Å². The second-order valence-corrected chi connectivity index (χ2v) is 5.61. The lowest BCUT2D eigenvalue weighted by atomic mass is 10.1. The van der Waals surface area contributed by atoms with Crippen molar-refractivity contribution in [1.82, 2.24) is 9.47 Å². The van der Waals surface area contributed by atoms with Crippen LogP contribution in [0, 0.1) is 12.8 Å². The normalized spacial score (nSPS) is 18.9. The number of aliphatic hydroxyl groups excluding tert-OH is 1. The van der Waals surface area contributed by atoms with Gasteiger partial charge in [-0.1, -0.05) is 18.2 Å². The van der Waals surface area contributed by atoms with E-state index in [4.69, 9.17) is 5.11 Å². The Bertz CT molecular complexity index is 632. The lowest BCUT2D eigenvalue weighted by molar-refractivity contribution is -0.130. The van der Waals surface area contributed by atoms with Crippen LogP contribution in [-0.2, 0) is 11.3 Å². The molecule has 1 atom stereocenters. The zero-order valence-corrected chi connectivity index (χ0v) is 11.7. The Hall–Kier alpha value is -1.81. The van der Waals surface area contributed by atoms with Crippen LogP contribution in [0.15, 0.2) is 30.3 Å². The molecule has 1 saturated heterocycles. The van der Waals surface area contributed by atoms with E-state index in [1.807, 2.05) is 24.0 Å². The Balaban J connectivity index is 1.79. The number of aryl methyl sites for hydroxylation is 1. The first-order chi connectivity index (χ1) is 9.69. The Morgan fingerprint density at radius 3 is 2.95 bits per heavy atom. The lowest BCUT2D eigenvalue weighted by Gasteiger charge is -2.17. The number of hydrogen-bond donors (Lipinski definition) is 1. The first-order valence-corrected chi connectivity index (χ1v) is 7.12. The minimum atomic E-state index is 0.144. The molecule has 0 radical (unpaired) electrons. The fourth-order valence-corrected chi connectivity index (χ4v) is 3.00. The number of amides is 1.